The number of rotatable bonds is 1. The normalized spacial score (nSPS) is 8.33. The van der Waals surface area contributed by atoms with E-state index >= 15 is 0 Å². The van der Waals surface area contributed by atoms with Gasteiger partial charge < -0.3 is 19.1 Å². The second kappa shape index (κ2) is 5.49. The van der Waals surface area contributed by atoms with Crippen LogP contribution in [0.15, 0.2) is 22.8 Å². The number of ether oxygens (including phenoxy) is 1. The zero-order valence-electron chi connectivity index (χ0n) is 6.27. The molecule has 0 aliphatic heterocycles. The van der Waals surface area contributed by atoms with Crippen molar-refractivity contribution in [2.24, 2.45) is 0 Å². The van der Waals surface area contributed by atoms with E-state index in [1.165, 1.54) is 18.4 Å². The van der Waals surface area contributed by atoms with Gasteiger partial charge in [0.05, 0.1) is 6.26 Å². The van der Waals surface area contributed by atoms with Crippen molar-refractivity contribution in [1.29, 1.82) is 0 Å². The molecule has 0 spiro atoms. The van der Waals surface area contributed by atoms with Crippen molar-refractivity contribution in [3.63, 3.8) is 0 Å². The second-order valence-corrected chi connectivity index (χ2v) is 1.61. The van der Waals surface area contributed by atoms with E-state index in [-0.39, 0.29) is 57.3 Å². The first-order valence-corrected chi connectivity index (χ1v) is 2.67. The van der Waals surface area contributed by atoms with Gasteiger partial charge in [0.1, 0.15) is 0 Å². The minimum absolute atomic E-state index is 0. The number of furan rings is 1. The largest absolute Gasteiger partial charge is 1.00 e. The van der Waals surface area contributed by atoms with E-state index in [0.29, 0.717) is 0 Å². The molecule has 58 valence electrons. The number of hydrogen-bond acceptors (Lipinski definition) is 5. The molecular formula is C6H3KO5. The van der Waals surface area contributed by atoms with Crippen LogP contribution in [0.2, 0.25) is 0 Å². The Morgan fingerprint density at radius 3 is 2.58 bits per heavy atom. The maximum absolute atomic E-state index is 10.3. The molecule has 0 aliphatic carbocycles. The molecular weight excluding hydrogens is 191 g/mol. The van der Waals surface area contributed by atoms with Crippen LogP contribution < -0.4 is 61.2 Å². The first kappa shape index (κ1) is 11.9. The quantitative estimate of drug-likeness (QED) is 0.258. The molecule has 0 N–H and O–H groups in total. The van der Waals surface area contributed by atoms with Gasteiger partial charge in [0.25, 0.3) is 5.95 Å². The van der Waals surface area contributed by atoms with Crippen LogP contribution in [0.25, 0.3) is 0 Å². The third kappa shape index (κ3) is 3.50. The Balaban J connectivity index is 0.00000121. The number of carbonyl (C=O) groups is 2. The topological polar surface area (TPSA) is 79.6 Å². The Labute approximate surface area is 110 Å². The predicted molar refractivity (Wildman–Crippen MR) is 29.3 cm³/mol. The van der Waals surface area contributed by atoms with Gasteiger partial charge in [0.2, 0.25) is 0 Å². The molecule has 5 nitrogen and oxygen atoms in total. The number of hydrogen-bond donors (Lipinski definition) is 0. The van der Waals surface area contributed by atoms with E-state index in [2.05, 4.69) is 9.15 Å². The maximum atomic E-state index is 10.3. The summed E-state index contributed by atoms with van der Waals surface area (Å²) in [5, 5.41) is 9.80. The van der Waals surface area contributed by atoms with Crippen LogP contribution in [0, 0.1) is 0 Å². The Hall–Kier alpha value is -0.144. The molecule has 1 heterocycles. The molecule has 0 unspecified atom stereocenters. The van der Waals surface area contributed by atoms with Gasteiger partial charge >= 0.3 is 57.4 Å². The van der Waals surface area contributed by atoms with Crippen molar-refractivity contribution in [3.05, 3.63) is 18.4 Å². The second-order valence-electron chi connectivity index (χ2n) is 1.61. The van der Waals surface area contributed by atoms with Gasteiger partial charge in [-0.2, -0.15) is 0 Å². The molecule has 12 heavy (non-hydrogen) atoms. The van der Waals surface area contributed by atoms with Gasteiger partial charge in [0, 0.05) is 6.07 Å². The van der Waals surface area contributed by atoms with E-state index in [0.717, 1.165) is 0 Å². The van der Waals surface area contributed by atoms with Crippen LogP contribution in [0.3, 0.4) is 0 Å². The average molecular weight is 194 g/mol. The van der Waals surface area contributed by atoms with E-state index in [9.17, 15) is 14.7 Å². The molecule has 1 aromatic heterocycles. The average Bonchev–Trinajstić information content (AvgIpc) is 2.39. The van der Waals surface area contributed by atoms with Crippen LogP contribution >= 0.6 is 0 Å². The fourth-order valence-corrected chi connectivity index (χ4v) is 0.455. The predicted octanol–water partition coefficient (Wildman–Crippen LogP) is -4.06. The molecule has 0 atom stereocenters. The number of esters is 1. The van der Waals surface area contributed by atoms with Crippen molar-refractivity contribution in [3.8, 4) is 5.95 Å². The minimum atomic E-state index is -1.90. The van der Waals surface area contributed by atoms with Gasteiger partial charge in [-0.25, -0.2) is 4.79 Å². The molecule has 0 saturated carbocycles. The summed E-state index contributed by atoms with van der Waals surface area (Å²) in [6.07, 6.45) is 1.25. The fourth-order valence-electron chi connectivity index (χ4n) is 0.455. The first-order chi connectivity index (χ1) is 5.20. The van der Waals surface area contributed by atoms with Crippen molar-refractivity contribution in [2.45, 2.75) is 0 Å². The first-order valence-electron chi connectivity index (χ1n) is 2.67. The molecule has 6 heteroatoms. The van der Waals surface area contributed by atoms with Gasteiger partial charge in [-0.3, -0.25) is 0 Å². The zero-order chi connectivity index (χ0) is 8.27. The summed E-state index contributed by atoms with van der Waals surface area (Å²) in [6, 6.07) is 2.76. The summed E-state index contributed by atoms with van der Waals surface area (Å²) >= 11 is 0. The number of aliphatic carboxylic acids is 1. The van der Waals surface area contributed by atoms with Crippen LogP contribution in [0.5, 0.6) is 5.95 Å². The van der Waals surface area contributed by atoms with E-state index in [4.69, 9.17) is 0 Å². The van der Waals surface area contributed by atoms with Crippen molar-refractivity contribution in [1.82, 2.24) is 0 Å². The van der Waals surface area contributed by atoms with Crippen LogP contribution in [0.1, 0.15) is 0 Å². The minimum Gasteiger partial charge on any atom is -0.539 e. The van der Waals surface area contributed by atoms with Crippen LogP contribution in [0.4, 0.5) is 0 Å². The van der Waals surface area contributed by atoms with Gasteiger partial charge in [-0.1, -0.05) is 0 Å². The Kier molecular flexibility index (Phi) is 5.43. The SMILES string of the molecule is O=C([O-])C(=O)Oc1ccco1.[K+]. The third-order valence-corrected chi connectivity index (χ3v) is 0.855. The molecule has 0 fully saturated rings. The van der Waals surface area contributed by atoms with E-state index in [1.54, 1.807) is 0 Å². The Morgan fingerprint density at radius 1 is 1.50 bits per heavy atom. The molecule has 1 rings (SSSR count). The monoisotopic (exact) mass is 194 g/mol. The number of carbonyl (C=O) groups excluding carboxylic acids is 2. The summed E-state index contributed by atoms with van der Waals surface area (Å²) in [5.41, 5.74) is 0. The molecule has 0 bridgehead atoms. The molecule has 0 saturated heterocycles. The standard InChI is InChI=1S/C6H4O5.K/c7-5(8)6(9)11-4-2-1-3-10-4;/h1-3H,(H,7,8);/q;+1/p-1. The maximum Gasteiger partial charge on any atom is 1.00 e. The number of carboxylic acid groups (broad SMARTS) is 1. The summed E-state index contributed by atoms with van der Waals surface area (Å²) in [4.78, 5) is 20.1. The Morgan fingerprint density at radius 2 is 2.17 bits per heavy atom. The van der Waals surface area contributed by atoms with Crippen LogP contribution in [-0.4, -0.2) is 11.9 Å². The summed E-state index contributed by atoms with van der Waals surface area (Å²) < 4.78 is 8.67. The smallest absolute Gasteiger partial charge is 0.539 e. The summed E-state index contributed by atoms with van der Waals surface area (Å²) in [6.45, 7) is 0. The molecule has 0 amide bonds. The van der Waals surface area contributed by atoms with Crippen molar-refractivity contribution in [2.75, 3.05) is 0 Å². The Bertz CT molecular complexity index is 265. The number of carboxylic acids is 1. The molecule has 1 aromatic rings. The summed E-state index contributed by atoms with van der Waals surface area (Å²) in [7, 11) is 0. The fraction of sp³-hybridized carbons (Fsp3) is 0. The third-order valence-electron chi connectivity index (χ3n) is 0.855. The van der Waals surface area contributed by atoms with Gasteiger partial charge in [0.15, 0.2) is 5.97 Å². The van der Waals surface area contributed by atoms with E-state index in [1.807, 2.05) is 0 Å². The zero-order valence-corrected chi connectivity index (χ0v) is 9.40. The van der Waals surface area contributed by atoms with Crippen molar-refractivity contribution >= 4 is 11.9 Å². The van der Waals surface area contributed by atoms with E-state index < -0.39 is 11.9 Å². The molecule has 0 radical (unpaired) electrons. The van der Waals surface area contributed by atoms with Crippen molar-refractivity contribution < 1.29 is 75.2 Å². The van der Waals surface area contributed by atoms with Crippen LogP contribution in [-0.2, 0) is 9.59 Å². The van der Waals surface area contributed by atoms with Gasteiger partial charge in [-0.15, -0.1) is 0 Å². The molecule has 0 aliphatic rings. The van der Waals surface area contributed by atoms with Gasteiger partial charge in [-0.05, 0) is 6.07 Å². The molecule has 0 aromatic carbocycles. The summed E-state index contributed by atoms with van der Waals surface area (Å²) in [5.74, 6) is -3.54.